The Labute approximate surface area is 107 Å². The first-order chi connectivity index (χ1) is 7.93. The molecule has 0 unspecified atom stereocenters. The fourth-order valence-electron chi connectivity index (χ4n) is 1.16. The van der Waals surface area contributed by atoms with Crippen molar-refractivity contribution in [1.82, 2.24) is 9.97 Å². The van der Waals surface area contributed by atoms with E-state index in [0.29, 0.717) is 36.7 Å². The molecule has 0 amide bonds. The van der Waals surface area contributed by atoms with E-state index in [4.69, 9.17) is 21.1 Å². The molecule has 0 aliphatic carbocycles. The van der Waals surface area contributed by atoms with E-state index in [-0.39, 0.29) is 5.41 Å². The average Bonchev–Trinajstić information content (AvgIpc) is 2.22. The summed E-state index contributed by atoms with van der Waals surface area (Å²) in [7, 11) is 0. The van der Waals surface area contributed by atoms with Gasteiger partial charge in [0.15, 0.2) is 0 Å². The van der Waals surface area contributed by atoms with Crippen LogP contribution < -0.4 is 4.74 Å². The van der Waals surface area contributed by atoms with Gasteiger partial charge in [0.05, 0.1) is 6.61 Å². The Bertz CT molecular complexity index is 364. The Hall–Kier alpha value is -0.870. The molecular formula is C12H19ClN2O2. The maximum absolute atomic E-state index is 5.93. The zero-order valence-corrected chi connectivity index (χ0v) is 11.5. The van der Waals surface area contributed by atoms with E-state index in [1.54, 1.807) is 6.07 Å². The molecule has 0 aliphatic heterocycles. The zero-order valence-electron chi connectivity index (χ0n) is 10.8. The second-order valence-corrected chi connectivity index (χ2v) is 5.04. The molecular weight excluding hydrogens is 240 g/mol. The smallest absolute Gasteiger partial charge is 0.218 e. The summed E-state index contributed by atoms with van der Waals surface area (Å²) in [5.41, 5.74) is -0.150. The van der Waals surface area contributed by atoms with Crippen molar-refractivity contribution in [2.45, 2.75) is 33.1 Å². The first-order valence-corrected chi connectivity index (χ1v) is 6.07. The van der Waals surface area contributed by atoms with E-state index < -0.39 is 0 Å². The van der Waals surface area contributed by atoms with Crippen LogP contribution in [-0.4, -0.2) is 29.8 Å². The minimum absolute atomic E-state index is 0.150. The Kier molecular flexibility index (Phi) is 5.15. The second kappa shape index (κ2) is 6.17. The van der Waals surface area contributed by atoms with Crippen LogP contribution in [0, 0.1) is 0 Å². The minimum atomic E-state index is -0.150. The molecule has 5 heteroatoms. The maximum atomic E-state index is 5.93. The molecule has 0 aromatic carbocycles. The second-order valence-electron chi connectivity index (χ2n) is 4.65. The molecule has 0 radical (unpaired) electrons. The van der Waals surface area contributed by atoms with Gasteiger partial charge in [-0.05, 0) is 6.92 Å². The summed E-state index contributed by atoms with van der Waals surface area (Å²) in [4.78, 5) is 8.52. The summed E-state index contributed by atoms with van der Waals surface area (Å²) in [6.07, 6.45) is 0. The molecule has 1 aromatic heterocycles. The van der Waals surface area contributed by atoms with Crippen LogP contribution in [0.2, 0.25) is 5.15 Å². The number of rotatable bonds is 5. The highest BCUT2D eigenvalue weighted by Gasteiger charge is 2.19. The molecule has 1 heterocycles. The first kappa shape index (κ1) is 14.2. The predicted octanol–water partition coefficient (Wildman–Crippen LogP) is 2.84. The van der Waals surface area contributed by atoms with Gasteiger partial charge in [-0.2, -0.15) is 4.98 Å². The van der Waals surface area contributed by atoms with Crippen LogP contribution in [0.25, 0.3) is 0 Å². The van der Waals surface area contributed by atoms with Crippen molar-refractivity contribution in [3.63, 3.8) is 0 Å². The van der Waals surface area contributed by atoms with E-state index in [9.17, 15) is 0 Å². The highest BCUT2D eigenvalue weighted by molar-refractivity contribution is 6.29. The van der Waals surface area contributed by atoms with Crippen molar-refractivity contribution >= 4 is 11.6 Å². The third-order valence-electron chi connectivity index (χ3n) is 2.02. The van der Waals surface area contributed by atoms with Crippen LogP contribution in [0.5, 0.6) is 5.88 Å². The van der Waals surface area contributed by atoms with Crippen molar-refractivity contribution in [3.8, 4) is 5.88 Å². The maximum Gasteiger partial charge on any atom is 0.218 e. The topological polar surface area (TPSA) is 44.2 Å². The van der Waals surface area contributed by atoms with Gasteiger partial charge >= 0.3 is 0 Å². The van der Waals surface area contributed by atoms with Crippen LogP contribution in [0.4, 0.5) is 0 Å². The molecule has 0 saturated heterocycles. The number of hydrogen-bond acceptors (Lipinski definition) is 4. The van der Waals surface area contributed by atoms with Crippen molar-refractivity contribution in [2.75, 3.05) is 19.8 Å². The number of aromatic nitrogens is 2. The SMILES string of the molecule is CCOCCOc1cc(Cl)nc(C(C)(C)C)n1. The normalized spacial score (nSPS) is 11.6. The Morgan fingerprint density at radius 2 is 1.94 bits per heavy atom. The van der Waals surface area contributed by atoms with Gasteiger partial charge in [-0.1, -0.05) is 32.4 Å². The van der Waals surface area contributed by atoms with Gasteiger partial charge in [0, 0.05) is 18.1 Å². The quantitative estimate of drug-likeness (QED) is 0.602. The van der Waals surface area contributed by atoms with Gasteiger partial charge in [-0.3, -0.25) is 0 Å². The lowest BCUT2D eigenvalue weighted by molar-refractivity contribution is 0.108. The largest absolute Gasteiger partial charge is 0.475 e. The fourth-order valence-corrected chi connectivity index (χ4v) is 1.33. The molecule has 1 aromatic rings. The summed E-state index contributed by atoms with van der Waals surface area (Å²) < 4.78 is 10.6. The van der Waals surface area contributed by atoms with Gasteiger partial charge in [0.2, 0.25) is 5.88 Å². The lowest BCUT2D eigenvalue weighted by Crippen LogP contribution is -2.17. The van der Waals surface area contributed by atoms with Crippen molar-refractivity contribution < 1.29 is 9.47 Å². The van der Waals surface area contributed by atoms with Crippen LogP contribution >= 0.6 is 11.6 Å². The van der Waals surface area contributed by atoms with E-state index in [0.717, 1.165) is 0 Å². The molecule has 0 spiro atoms. The van der Waals surface area contributed by atoms with E-state index in [2.05, 4.69) is 9.97 Å². The Morgan fingerprint density at radius 1 is 1.24 bits per heavy atom. The van der Waals surface area contributed by atoms with Gasteiger partial charge in [0.1, 0.15) is 17.6 Å². The molecule has 96 valence electrons. The predicted molar refractivity (Wildman–Crippen MR) is 67.7 cm³/mol. The molecule has 0 saturated carbocycles. The number of halogens is 1. The zero-order chi connectivity index (χ0) is 12.9. The highest BCUT2D eigenvalue weighted by atomic mass is 35.5. The third kappa shape index (κ3) is 4.88. The molecule has 0 fully saturated rings. The number of hydrogen-bond donors (Lipinski definition) is 0. The van der Waals surface area contributed by atoms with E-state index in [1.165, 1.54) is 0 Å². The summed E-state index contributed by atoms with van der Waals surface area (Å²) in [6, 6.07) is 1.61. The molecule has 4 nitrogen and oxygen atoms in total. The van der Waals surface area contributed by atoms with Crippen molar-refractivity contribution in [2.24, 2.45) is 0 Å². The molecule has 0 aliphatic rings. The van der Waals surface area contributed by atoms with Crippen LogP contribution in [0.1, 0.15) is 33.5 Å². The standard InChI is InChI=1S/C12H19ClN2O2/c1-5-16-6-7-17-10-8-9(13)14-11(15-10)12(2,3)4/h8H,5-7H2,1-4H3. The minimum Gasteiger partial charge on any atom is -0.475 e. The number of nitrogens with zero attached hydrogens (tertiary/aromatic N) is 2. The third-order valence-corrected chi connectivity index (χ3v) is 2.22. The summed E-state index contributed by atoms with van der Waals surface area (Å²) in [5, 5.41) is 0.399. The highest BCUT2D eigenvalue weighted by Crippen LogP contribution is 2.23. The summed E-state index contributed by atoms with van der Waals surface area (Å²) >= 11 is 5.93. The van der Waals surface area contributed by atoms with Gasteiger partial charge in [0.25, 0.3) is 0 Å². The first-order valence-electron chi connectivity index (χ1n) is 5.69. The summed E-state index contributed by atoms with van der Waals surface area (Å²) in [6.45, 7) is 9.72. The van der Waals surface area contributed by atoms with E-state index >= 15 is 0 Å². The lowest BCUT2D eigenvalue weighted by atomic mass is 9.96. The van der Waals surface area contributed by atoms with Crippen LogP contribution in [0.3, 0.4) is 0 Å². The lowest BCUT2D eigenvalue weighted by Gasteiger charge is -2.17. The Morgan fingerprint density at radius 3 is 2.53 bits per heavy atom. The fraction of sp³-hybridized carbons (Fsp3) is 0.667. The molecule has 0 N–H and O–H groups in total. The van der Waals surface area contributed by atoms with Crippen molar-refractivity contribution in [1.29, 1.82) is 0 Å². The number of ether oxygens (including phenoxy) is 2. The van der Waals surface area contributed by atoms with Gasteiger partial charge in [-0.15, -0.1) is 0 Å². The van der Waals surface area contributed by atoms with E-state index in [1.807, 2.05) is 27.7 Å². The van der Waals surface area contributed by atoms with Gasteiger partial charge < -0.3 is 9.47 Å². The molecule has 0 bridgehead atoms. The monoisotopic (exact) mass is 258 g/mol. The van der Waals surface area contributed by atoms with Crippen LogP contribution in [0.15, 0.2) is 6.07 Å². The summed E-state index contributed by atoms with van der Waals surface area (Å²) in [5.74, 6) is 1.17. The van der Waals surface area contributed by atoms with Crippen molar-refractivity contribution in [3.05, 3.63) is 17.0 Å². The molecule has 0 atom stereocenters. The molecule has 17 heavy (non-hydrogen) atoms. The average molecular weight is 259 g/mol. The molecule has 1 rings (SSSR count). The van der Waals surface area contributed by atoms with Gasteiger partial charge in [-0.25, -0.2) is 4.98 Å². The van der Waals surface area contributed by atoms with Crippen LogP contribution in [-0.2, 0) is 10.2 Å². The Balaban J connectivity index is 2.69.